The second kappa shape index (κ2) is 6.61. The van der Waals surface area contributed by atoms with Crippen LogP contribution in [0.15, 0.2) is 30.3 Å². The quantitative estimate of drug-likeness (QED) is 0.449. The number of nitrogens with two attached hydrogens (primary N) is 1. The van der Waals surface area contributed by atoms with Crippen molar-refractivity contribution < 1.29 is 24.5 Å². The highest BCUT2D eigenvalue weighted by atomic mass is 16.5. The number of piperidine rings is 1. The van der Waals surface area contributed by atoms with E-state index in [2.05, 4.69) is 4.90 Å². The molecule has 1 saturated heterocycles. The van der Waals surface area contributed by atoms with Gasteiger partial charge in [-0.05, 0) is 74.8 Å². The molecule has 3 fully saturated rings. The molecule has 2 aromatic rings. The summed E-state index contributed by atoms with van der Waals surface area (Å²) in [5.74, 6) is 0.395. The van der Waals surface area contributed by atoms with Gasteiger partial charge in [-0.3, -0.25) is 19.4 Å². The fourth-order valence-corrected chi connectivity index (χ4v) is 8.35. The van der Waals surface area contributed by atoms with Gasteiger partial charge in [0.15, 0.2) is 11.5 Å². The Morgan fingerprint density at radius 1 is 1.08 bits per heavy atom. The summed E-state index contributed by atoms with van der Waals surface area (Å²) in [5, 5.41) is 23.4. The van der Waals surface area contributed by atoms with E-state index in [0.29, 0.717) is 48.6 Å². The van der Waals surface area contributed by atoms with E-state index >= 15 is 0 Å². The Labute approximate surface area is 208 Å². The van der Waals surface area contributed by atoms with Crippen LogP contribution in [0.2, 0.25) is 0 Å². The SMILES string of the molecule is Nc1cccc2c1C(=O)N([C@@H]1CC[C@@]3(O)[C@@H]4Cc5ccc(O)c6c5[C@@]3(CCN4CC3CC3)[C@H]1O6)C2=O. The fraction of sp³-hybridized carbons (Fsp3) is 0.500. The number of likely N-dealkylation sites (tertiary alicyclic amines) is 1. The maximum absolute atomic E-state index is 13.6. The van der Waals surface area contributed by atoms with Gasteiger partial charge < -0.3 is 20.7 Å². The first kappa shape index (κ1) is 21.0. The Morgan fingerprint density at radius 2 is 1.92 bits per heavy atom. The smallest absolute Gasteiger partial charge is 0.264 e. The predicted octanol–water partition coefficient (Wildman–Crippen LogP) is 2.20. The second-order valence-electron chi connectivity index (χ2n) is 11.6. The predicted molar refractivity (Wildman–Crippen MR) is 130 cm³/mol. The molecule has 36 heavy (non-hydrogen) atoms. The number of fused-ring (bicyclic) bond motifs is 1. The Kier molecular flexibility index (Phi) is 3.86. The van der Waals surface area contributed by atoms with Crippen molar-refractivity contribution in [2.75, 3.05) is 18.8 Å². The number of phenols is 1. The molecule has 3 aliphatic carbocycles. The lowest BCUT2D eigenvalue weighted by Crippen LogP contribution is -2.78. The average molecular weight is 488 g/mol. The molecule has 186 valence electrons. The van der Waals surface area contributed by atoms with Crippen LogP contribution in [0.5, 0.6) is 11.5 Å². The molecular weight excluding hydrogens is 458 g/mol. The molecule has 0 radical (unpaired) electrons. The van der Waals surface area contributed by atoms with E-state index in [1.54, 1.807) is 24.3 Å². The lowest BCUT2D eigenvalue weighted by molar-refractivity contribution is -0.196. The van der Waals surface area contributed by atoms with E-state index in [1.807, 2.05) is 6.07 Å². The van der Waals surface area contributed by atoms with Crippen LogP contribution in [0.4, 0.5) is 5.69 Å². The number of benzene rings is 2. The van der Waals surface area contributed by atoms with Crippen LogP contribution in [-0.4, -0.2) is 68.7 Å². The second-order valence-corrected chi connectivity index (χ2v) is 11.6. The first-order valence-corrected chi connectivity index (χ1v) is 13.1. The average Bonchev–Trinajstić information content (AvgIpc) is 3.54. The van der Waals surface area contributed by atoms with Gasteiger partial charge in [-0.15, -0.1) is 0 Å². The zero-order valence-electron chi connectivity index (χ0n) is 19.9. The number of hydrogen-bond acceptors (Lipinski definition) is 7. The zero-order valence-corrected chi connectivity index (χ0v) is 19.9. The van der Waals surface area contributed by atoms with Crippen LogP contribution in [0.1, 0.15) is 63.9 Å². The molecule has 0 unspecified atom stereocenters. The molecule has 8 heteroatoms. The molecule has 1 spiro atoms. The van der Waals surface area contributed by atoms with Crippen LogP contribution < -0.4 is 10.5 Å². The van der Waals surface area contributed by atoms with Gasteiger partial charge in [0.05, 0.1) is 28.2 Å². The molecule has 4 N–H and O–H groups in total. The Morgan fingerprint density at radius 3 is 2.69 bits per heavy atom. The standard InChI is InChI=1S/C28H29N3O5/c29-17-3-1-2-16-21(17)26(34)31(25(16)33)18-8-9-28(35)20-12-15-6-7-19(32)23-22(15)27(28,24(18)36-23)10-11-30(20)13-14-4-5-14/h1-3,6-7,14,18,20,24,32,35H,4-5,8-13,29H2/t18-,20+,24+,27+,28-/m1/s1. The van der Waals surface area contributed by atoms with E-state index in [9.17, 15) is 19.8 Å². The number of aliphatic hydroxyl groups is 1. The number of nitrogen functional groups attached to an aromatic ring is 1. The van der Waals surface area contributed by atoms with Gasteiger partial charge in [0, 0.05) is 23.8 Å². The third-order valence-electron chi connectivity index (χ3n) is 10.0. The van der Waals surface area contributed by atoms with Crippen LogP contribution in [0, 0.1) is 5.92 Å². The number of amides is 2. The van der Waals surface area contributed by atoms with Crippen molar-refractivity contribution in [3.63, 3.8) is 0 Å². The summed E-state index contributed by atoms with van der Waals surface area (Å²) >= 11 is 0. The first-order chi connectivity index (χ1) is 17.3. The molecule has 0 aromatic heterocycles. The number of rotatable bonds is 3. The number of carbonyl (C=O) groups excluding carboxylic acids is 2. The van der Waals surface area contributed by atoms with Gasteiger partial charge in [0.25, 0.3) is 11.8 Å². The summed E-state index contributed by atoms with van der Waals surface area (Å²) in [6.45, 7) is 1.82. The number of aromatic hydroxyl groups is 1. The Hall–Kier alpha value is -3.10. The number of carbonyl (C=O) groups is 2. The van der Waals surface area contributed by atoms with E-state index in [-0.39, 0.29) is 23.3 Å². The third kappa shape index (κ3) is 2.29. The maximum Gasteiger partial charge on any atom is 0.264 e. The van der Waals surface area contributed by atoms with E-state index in [4.69, 9.17) is 10.5 Å². The molecule has 6 aliphatic rings. The van der Waals surface area contributed by atoms with Crippen LogP contribution in [-0.2, 0) is 11.8 Å². The van der Waals surface area contributed by atoms with Crippen LogP contribution >= 0.6 is 0 Å². The summed E-state index contributed by atoms with van der Waals surface area (Å²) in [6.07, 6.45) is 4.12. The van der Waals surface area contributed by atoms with Gasteiger partial charge in [-0.1, -0.05) is 12.1 Å². The van der Waals surface area contributed by atoms with E-state index in [1.165, 1.54) is 17.7 Å². The van der Waals surface area contributed by atoms with Crippen molar-refractivity contribution >= 4 is 17.5 Å². The Bertz CT molecular complexity index is 1370. The molecule has 8 rings (SSSR count). The minimum absolute atomic E-state index is 0.0455. The number of imide groups is 1. The maximum atomic E-state index is 13.6. The lowest BCUT2D eigenvalue weighted by atomic mass is 9.48. The topological polar surface area (TPSA) is 116 Å². The normalized spacial score (nSPS) is 36.0. The molecule has 3 aliphatic heterocycles. The minimum Gasteiger partial charge on any atom is -0.504 e. The number of phenolic OH excluding ortho intramolecular Hbond substituents is 1. The van der Waals surface area contributed by atoms with Gasteiger partial charge in [-0.25, -0.2) is 0 Å². The highest BCUT2D eigenvalue weighted by Gasteiger charge is 2.74. The van der Waals surface area contributed by atoms with Crippen molar-refractivity contribution in [3.05, 3.63) is 52.6 Å². The van der Waals surface area contributed by atoms with Crippen molar-refractivity contribution in [1.29, 1.82) is 0 Å². The molecule has 3 heterocycles. The highest BCUT2D eigenvalue weighted by Crippen LogP contribution is 2.66. The molecular formula is C28H29N3O5. The minimum atomic E-state index is -1.06. The van der Waals surface area contributed by atoms with Crippen molar-refractivity contribution in [1.82, 2.24) is 9.80 Å². The molecule has 2 amide bonds. The van der Waals surface area contributed by atoms with Gasteiger partial charge in [-0.2, -0.15) is 0 Å². The molecule has 2 bridgehead atoms. The molecule has 2 saturated carbocycles. The summed E-state index contributed by atoms with van der Waals surface area (Å²) in [5.41, 5.74) is 7.10. The summed E-state index contributed by atoms with van der Waals surface area (Å²) in [6, 6.07) is 7.98. The number of nitrogens with zero attached hydrogens (tertiary/aromatic N) is 2. The van der Waals surface area contributed by atoms with Crippen LogP contribution in [0.25, 0.3) is 0 Å². The van der Waals surface area contributed by atoms with E-state index < -0.39 is 29.1 Å². The number of anilines is 1. The van der Waals surface area contributed by atoms with Crippen LogP contribution in [0.3, 0.4) is 0 Å². The largest absolute Gasteiger partial charge is 0.504 e. The first-order valence-electron chi connectivity index (χ1n) is 13.1. The van der Waals surface area contributed by atoms with Gasteiger partial charge in [0.2, 0.25) is 0 Å². The van der Waals surface area contributed by atoms with Crippen molar-refractivity contribution in [2.24, 2.45) is 5.92 Å². The molecule has 5 atom stereocenters. The monoisotopic (exact) mass is 487 g/mol. The fourth-order valence-electron chi connectivity index (χ4n) is 8.35. The third-order valence-corrected chi connectivity index (χ3v) is 10.0. The lowest BCUT2D eigenvalue weighted by Gasteiger charge is -2.64. The number of ether oxygens (including phenoxy) is 1. The summed E-state index contributed by atoms with van der Waals surface area (Å²) in [4.78, 5) is 30.9. The zero-order chi connectivity index (χ0) is 24.6. The highest BCUT2D eigenvalue weighted by molar-refractivity contribution is 6.23. The summed E-state index contributed by atoms with van der Waals surface area (Å²) in [7, 11) is 0. The van der Waals surface area contributed by atoms with Gasteiger partial charge >= 0.3 is 0 Å². The van der Waals surface area contributed by atoms with Gasteiger partial charge in [0.1, 0.15) is 6.10 Å². The van der Waals surface area contributed by atoms with E-state index in [0.717, 1.165) is 24.2 Å². The Balaban J connectivity index is 1.28. The van der Waals surface area contributed by atoms with Crippen molar-refractivity contribution in [2.45, 2.75) is 67.7 Å². The summed E-state index contributed by atoms with van der Waals surface area (Å²) < 4.78 is 6.55. The molecule has 8 nitrogen and oxygen atoms in total. The number of hydrogen-bond donors (Lipinski definition) is 3. The van der Waals surface area contributed by atoms with Crippen molar-refractivity contribution in [3.8, 4) is 11.5 Å². The molecule has 2 aromatic carbocycles.